The van der Waals surface area contributed by atoms with Gasteiger partial charge in [0, 0.05) is 18.5 Å². The zero-order chi connectivity index (χ0) is 16.5. The van der Waals surface area contributed by atoms with Gasteiger partial charge in [-0.1, -0.05) is 5.16 Å². The summed E-state index contributed by atoms with van der Waals surface area (Å²) in [6.07, 6.45) is 0. The Labute approximate surface area is 132 Å². The van der Waals surface area contributed by atoms with Crippen LogP contribution in [0.3, 0.4) is 0 Å². The summed E-state index contributed by atoms with van der Waals surface area (Å²) >= 11 is 1.17. The predicted octanol–water partition coefficient (Wildman–Crippen LogP) is 0.877. The van der Waals surface area contributed by atoms with Crippen LogP contribution in [-0.2, 0) is 19.2 Å². The molecule has 0 aliphatic carbocycles. The number of carbonyl (C=O) groups excluding carboxylic acids is 2. The number of hydrogen-bond donors (Lipinski definition) is 1. The Morgan fingerprint density at radius 2 is 2.05 bits per heavy atom. The number of nitrogens with two attached hydrogens (primary N) is 1. The first kappa shape index (κ1) is 17.9. The molecule has 0 aromatic carbocycles. The number of carbonyl (C=O) groups is 2. The van der Waals surface area contributed by atoms with Crippen LogP contribution in [0.25, 0.3) is 0 Å². The second-order valence-electron chi connectivity index (χ2n) is 4.07. The maximum absolute atomic E-state index is 11.9. The van der Waals surface area contributed by atoms with Crippen molar-refractivity contribution >= 4 is 34.1 Å². The lowest BCUT2D eigenvalue weighted by molar-refractivity contribution is -0.137. The molecule has 0 atom stereocenters. The van der Waals surface area contributed by atoms with Gasteiger partial charge in [0.05, 0.1) is 6.61 Å². The van der Waals surface area contributed by atoms with E-state index >= 15 is 0 Å². The third kappa shape index (κ3) is 4.99. The van der Waals surface area contributed by atoms with Crippen molar-refractivity contribution in [2.24, 2.45) is 5.16 Å². The van der Waals surface area contributed by atoms with E-state index in [1.54, 1.807) is 17.2 Å². The molecule has 1 amide bonds. The van der Waals surface area contributed by atoms with Gasteiger partial charge in [0.25, 0.3) is 5.91 Å². The van der Waals surface area contributed by atoms with Crippen LogP contribution in [0.1, 0.15) is 26.5 Å². The zero-order valence-electron chi connectivity index (χ0n) is 12.9. The van der Waals surface area contributed by atoms with E-state index in [0.717, 1.165) is 0 Å². The number of likely N-dealkylation sites (N-methyl/N-ethyl adjacent to an activating group) is 1. The summed E-state index contributed by atoms with van der Waals surface area (Å²) < 4.78 is 4.89. The van der Waals surface area contributed by atoms with Crippen LogP contribution in [0.4, 0.5) is 5.13 Å². The molecule has 0 bridgehead atoms. The molecule has 0 fully saturated rings. The first-order chi connectivity index (χ1) is 10.5. The third-order valence-electron chi connectivity index (χ3n) is 2.69. The number of ether oxygens (including phenoxy) is 1. The standard InChI is InChI=1S/C13H20N4O4S/c1-4-17(5-2)10(18)7-21-16-11(12(19)20-6-3)9-8-22-13(14)15-9/h8H,4-7H2,1-3H3,(H2,14,15)/b16-11-. The Morgan fingerprint density at radius 3 is 2.55 bits per heavy atom. The summed E-state index contributed by atoms with van der Waals surface area (Å²) in [4.78, 5) is 34.2. The lowest BCUT2D eigenvalue weighted by Crippen LogP contribution is -2.33. The SMILES string of the molecule is CCOC(=O)/C(=N\OCC(=O)N(CC)CC)c1csc(N)n1. The average Bonchev–Trinajstić information content (AvgIpc) is 2.91. The number of hydrogen-bond acceptors (Lipinski definition) is 8. The van der Waals surface area contributed by atoms with E-state index in [4.69, 9.17) is 15.3 Å². The number of nitrogen functional groups attached to an aromatic ring is 1. The van der Waals surface area contributed by atoms with Crippen LogP contribution in [0, 0.1) is 0 Å². The van der Waals surface area contributed by atoms with Crippen molar-refractivity contribution in [1.82, 2.24) is 9.88 Å². The lowest BCUT2D eigenvalue weighted by atomic mass is 10.3. The monoisotopic (exact) mass is 328 g/mol. The van der Waals surface area contributed by atoms with Gasteiger partial charge in [0.2, 0.25) is 5.71 Å². The Hall–Kier alpha value is -2.16. The van der Waals surface area contributed by atoms with E-state index in [1.165, 1.54) is 11.3 Å². The molecule has 1 heterocycles. The van der Waals surface area contributed by atoms with Gasteiger partial charge < -0.3 is 20.2 Å². The molecule has 0 radical (unpaired) electrons. The van der Waals surface area contributed by atoms with E-state index < -0.39 is 5.97 Å². The molecule has 0 spiro atoms. The highest BCUT2D eigenvalue weighted by Crippen LogP contribution is 2.13. The molecule has 8 nitrogen and oxygen atoms in total. The molecule has 0 aliphatic rings. The highest BCUT2D eigenvalue weighted by Gasteiger charge is 2.20. The van der Waals surface area contributed by atoms with Crippen molar-refractivity contribution in [2.45, 2.75) is 20.8 Å². The number of thiazole rings is 1. The molecule has 0 aliphatic heterocycles. The lowest BCUT2D eigenvalue weighted by Gasteiger charge is -2.17. The number of amides is 1. The molecule has 122 valence electrons. The molecule has 1 aromatic heterocycles. The van der Waals surface area contributed by atoms with Crippen LogP contribution < -0.4 is 5.73 Å². The molecule has 1 rings (SSSR count). The van der Waals surface area contributed by atoms with Gasteiger partial charge in [-0.25, -0.2) is 9.78 Å². The Morgan fingerprint density at radius 1 is 1.36 bits per heavy atom. The number of oxime groups is 1. The van der Waals surface area contributed by atoms with Gasteiger partial charge in [-0.2, -0.15) is 0 Å². The molecule has 9 heteroatoms. The molecule has 22 heavy (non-hydrogen) atoms. The third-order valence-corrected chi connectivity index (χ3v) is 3.37. The number of esters is 1. The smallest absolute Gasteiger partial charge is 0.362 e. The molecule has 0 saturated heterocycles. The highest BCUT2D eigenvalue weighted by molar-refractivity contribution is 7.13. The normalized spacial score (nSPS) is 11.1. The second kappa shape index (κ2) is 8.98. The average molecular weight is 328 g/mol. The summed E-state index contributed by atoms with van der Waals surface area (Å²) in [5, 5.41) is 5.57. The maximum Gasteiger partial charge on any atom is 0.362 e. The largest absolute Gasteiger partial charge is 0.461 e. The predicted molar refractivity (Wildman–Crippen MR) is 83.6 cm³/mol. The Bertz CT molecular complexity index is 540. The summed E-state index contributed by atoms with van der Waals surface area (Å²) in [5.74, 6) is -0.891. The van der Waals surface area contributed by atoms with Crippen LogP contribution >= 0.6 is 11.3 Å². The minimum atomic E-state index is -0.678. The zero-order valence-corrected chi connectivity index (χ0v) is 13.7. The molecule has 0 saturated carbocycles. The van der Waals surface area contributed by atoms with Gasteiger partial charge in [-0.05, 0) is 20.8 Å². The van der Waals surface area contributed by atoms with E-state index in [2.05, 4.69) is 10.1 Å². The van der Waals surface area contributed by atoms with Crippen LogP contribution in [0.5, 0.6) is 0 Å². The van der Waals surface area contributed by atoms with Crippen molar-refractivity contribution in [3.8, 4) is 0 Å². The van der Waals surface area contributed by atoms with E-state index in [9.17, 15) is 9.59 Å². The number of anilines is 1. The quantitative estimate of drug-likeness (QED) is 0.431. The van der Waals surface area contributed by atoms with Gasteiger partial charge in [-0.3, -0.25) is 4.79 Å². The number of nitrogens with zero attached hydrogens (tertiary/aromatic N) is 3. The fraction of sp³-hybridized carbons (Fsp3) is 0.538. The Kier molecular flexibility index (Phi) is 7.30. The van der Waals surface area contributed by atoms with E-state index in [0.29, 0.717) is 18.2 Å². The highest BCUT2D eigenvalue weighted by atomic mass is 32.1. The first-order valence-electron chi connectivity index (χ1n) is 6.89. The van der Waals surface area contributed by atoms with Crippen LogP contribution in [0.2, 0.25) is 0 Å². The number of rotatable bonds is 8. The van der Waals surface area contributed by atoms with Crippen molar-refractivity contribution in [1.29, 1.82) is 0 Å². The minimum Gasteiger partial charge on any atom is -0.461 e. The van der Waals surface area contributed by atoms with Gasteiger partial charge in [0.15, 0.2) is 11.7 Å². The summed E-state index contributed by atoms with van der Waals surface area (Å²) in [7, 11) is 0. The van der Waals surface area contributed by atoms with Gasteiger partial charge in [0.1, 0.15) is 5.69 Å². The summed E-state index contributed by atoms with van der Waals surface area (Å²) in [6, 6.07) is 0. The fourth-order valence-corrected chi connectivity index (χ4v) is 2.15. The number of aromatic nitrogens is 1. The second-order valence-corrected chi connectivity index (χ2v) is 4.96. The van der Waals surface area contributed by atoms with E-state index in [-0.39, 0.29) is 30.5 Å². The van der Waals surface area contributed by atoms with Gasteiger partial charge >= 0.3 is 5.97 Å². The summed E-state index contributed by atoms with van der Waals surface area (Å²) in [5.41, 5.74) is 5.69. The van der Waals surface area contributed by atoms with Crippen molar-refractivity contribution in [3.63, 3.8) is 0 Å². The molecular formula is C13H20N4O4S. The van der Waals surface area contributed by atoms with Crippen LogP contribution in [0.15, 0.2) is 10.5 Å². The van der Waals surface area contributed by atoms with Crippen LogP contribution in [-0.4, -0.2) is 53.8 Å². The minimum absolute atomic E-state index is 0.109. The van der Waals surface area contributed by atoms with E-state index in [1.807, 2.05) is 13.8 Å². The first-order valence-corrected chi connectivity index (χ1v) is 7.77. The molecule has 0 unspecified atom stereocenters. The van der Waals surface area contributed by atoms with Crippen molar-refractivity contribution in [2.75, 3.05) is 32.0 Å². The molecular weight excluding hydrogens is 308 g/mol. The van der Waals surface area contributed by atoms with Crippen molar-refractivity contribution in [3.05, 3.63) is 11.1 Å². The van der Waals surface area contributed by atoms with Crippen molar-refractivity contribution < 1.29 is 19.2 Å². The Balaban J connectivity index is 2.79. The van der Waals surface area contributed by atoms with Gasteiger partial charge in [-0.15, -0.1) is 11.3 Å². The fourth-order valence-electron chi connectivity index (χ4n) is 1.60. The summed E-state index contributed by atoms with van der Waals surface area (Å²) in [6.45, 7) is 6.50. The molecule has 1 aromatic rings. The maximum atomic E-state index is 11.9. The molecule has 2 N–H and O–H groups in total. The topological polar surface area (TPSA) is 107 Å².